The monoisotopic (exact) mass is 257 g/mol. The zero-order chi connectivity index (χ0) is 11.7. The summed E-state index contributed by atoms with van der Waals surface area (Å²) >= 11 is 11.8. The molecule has 0 unspecified atom stereocenters. The molecular weight excluding hydrogens is 253 g/mol. The maximum absolute atomic E-state index is 10.5. The average molecular weight is 258 g/mol. The van der Waals surface area contributed by atoms with E-state index in [1.54, 1.807) is 18.2 Å². The second-order valence-electron chi connectivity index (χ2n) is 2.97. The van der Waals surface area contributed by atoms with E-state index in [2.05, 4.69) is 4.98 Å². The average Bonchev–Trinajstić information content (AvgIpc) is 2.71. The number of imidazole rings is 1. The van der Waals surface area contributed by atoms with E-state index in [0.717, 1.165) is 0 Å². The Kier molecular flexibility index (Phi) is 2.80. The second-order valence-corrected chi connectivity index (χ2v) is 3.75. The van der Waals surface area contributed by atoms with Crippen LogP contribution in [-0.2, 0) is 0 Å². The predicted molar refractivity (Wildman–Crippen MR) is 60.2 cm³/mol. The zero-order valence-electron chi connectivity index (χ0n) is 7.80. The molecule has 0 spiro atoms. The van der Waals surface area contributed by atoms with Crippen molar-refractivity contribution in [1.29, 1.82) is 0 Å². The van der Waals surface area contributed by atoms with Crippen molar-refractivity contribution in [2.45, 2.75) is 0 Å². The van der Waals surface area contributed by atoms with E-state index in [4.69, 9.17) is 23.2 Å². The van der Waals surface area contributed by atoms with Gasteiger partial charge in [-0.05, 0) is 22.0 Å². The van der Waals surface area contributed by atoms with Gasteiger partial charge in [0.05, 0.1) is 15.7 Å². The smallest absolute Gasteiger partial charge is 0.358 e. The van der Waals surface area contributed by atoms with Crippen molar-refractivity contribution >= 4 is 29.0 Å². The van der Waals surface area contributed by atoms with Crippen molar-refractivity contribution in [3.8, 4) is 5.69 Å². The van der Waals surface area contributed by atoms with Crippen molar-refractivity contribution in [1.82, 2.24) is 9.55 Å². The van der Waals surface area contributed by atoms with E-state index < -0.39 is 4.92 Å². The van der Waals surface area contributed by atoms with Crippen LogP contribution >= 0.6 is 23.2 Å². The molecule has 0 atom stereocenters. The van der Waals surface area contributed by atoms with Gasteiger partial charge in [0, 0.05) is 0 Å². The van der Waals surface area contributed by atoms with Gasteiger partial charge in [-0.15, -0.1) is 0 Å². The van der Waals surface area contributed by atoms with Gasteiger partial charge in [0.25, 0.3) is 0 Å². The summed E-state index contributed by atoms with van der Waals surface area (Å²) in [5.41, 5.74) is 0.551. The fourth-order valence-electron chi connectivity index (χ4n) is 1.23. The molecule has 1 aromatic carbocycles. The third-order valence-corrected chi connectivity index (χ3v) is 2.77. The minimum absolute atomic E-state index is 0.240. The lowest BCUT2D eigenvalue weighted by atomic mass is 10.3. The summed E-state index contributed by atoms with van der Waals surface area (Å²) in [5, 5.41) is 11.2. The third-order valence-electron chi connectivity index (χ3n) is 1.97. The first-order valence-corrected chi connectivity index (χ1v) is 4.98. The summed E-state index contributed by atoms with van der Waals surface area (Å²) in [4.78, 5) is 13.5. The van der Waals surface area contributed by atoms with Crippen molar-refractivity contribution < 1.29 is 4.92 Å². The lowest BCUT2D eigenvalue weighted by Gasteiger charge is -2.03. The molecule has 0 aliphatic carbocycles. The van der Waals surface area contributed by atoms with Gasteiger partial charge in [0.2, 0.25) is 6.33 Å². The summed E-state index contributed by atoms with van der Waals surface area (Å²) in [6, 6.07) is 5.04. The fourth-order valence-corrected chi connectivity index (χ4v) is 1.62. The molecule has 0 fully saturated rings. The molecule has 0 amide bonds. The number of nitro groups is 1. The molecule has 7 heteroatoms. The number of nitrogens with zero attached hydrogens (tertiary/aromatic N) is 3. The van der Waals surface area contributed by atoms with Gasteiger partial charge in [-0.3, -0.25) is 4.57 Å². The molecule has 0 bridgehead atoms. The van der Waals surface area contributed by atoms with Gasteiger partial charge in [0.15, 0.2) is 0 Å². The molecule has 5 nitrogen and oxygen atoms in total. The van der Waals surface area contributed by atoms with E-state index in [1.807, 2.05) is 0 Å². The Balaban J connectivity index is 2.50. The zero-order valence-corrected chi connectivity index (χ0v) is 9.31. The molecule has 82 valence electrons. The highest BCUT2D eigenvalue weighted by Crippen LogP contribution is 2.28. The van der Waals surface area contributed by atoms with Gasteiger partial charge in [-0.25, -0.2) is 0 Å². The number of hydrogen-bond acceptors (Lipinski definition) is 3. The molecule has 2 aromatic rings. The highest BCUT2D eigenvalue weighted by Gasteiger charge is 2.13. The number of hydrogen-bond donors (Lipinski definition) is 0. The Morgan fingerprint density at radius 1 is 1.38 bits per heavy atom. The van der Waals surface area contributed by atoms with Crippen LogP contribution in [0.25, 0.3) is 5.69 Å². The molecule has 0 N–H and O–H groups in total. The Bertz CT molecular complexity index is 553. The van der Waals surface area contributed by atoms with E-state index >= 15 is 0 Å². The van der Waals surface area contributed by atoms with Crippen molar-refractivity contribution in [3.63, 3.8) is 0 Å². The van der Waals surface area contributed by atoms with Crippen LogP contribution in [0.5, 0.6) is 0 Å². The lowest BCUT2D eigenvalue weighted by Crippen LogP contribution is -1.91. The molecule has 1 heterocycles. The molecule has 0 radical (unpaired) electrons. The minimum atomic E-state index is -0.574. The van der Waals surface area contributed by atoms with Gasteiger partial charge < -0.3 is 10.1 Å². The maximum Gasteiger partial charge on any atom is 0.381 e. The van der Waals surface area contributed by atoms with Crippen LogP contribution in [0.4, 0.5) is 5.82 Å². The van der Waals surface area contributed by atoms with Gasteiger partial charge in [-0.2, -0.15) is 0 Å². The van der Waals surface area contributed by atoms with Crippen LogP contribution in [0, 0.1) is 10.1 Å². The van der Waals surface area contributed by atoms with Gasteiger partial charge in [-0.1, -0.05) is 29.3 Å². The number of rotatable bonds is 2. The Morgan fingerprint density at radius 2 is 2.12 bits per heavy atom. The molecule has 1 aromatic heterocycles. The SMILES string of the molecule is O=[N+]([O-])c1cn(-c2cccc(Cl)c2Cl)cn1. The maximum atomic E-state index is 10.5. The summed E-state index contributed by atoms with van der Waals surface area (Å²) < 4.78 is 1.45. The molecular formula is C9H5Cl2N3O2. The van der Waals surface area contributed by atoms with E-state index in [-0.39, 0.29) is 5.82 Å². The topological polar surface area (TPSA) is 61.0 Å². The molecule has 0 saturated carbocycles. The van der Waals surface area contributed by atoms with Crippen LogP contribution in [0.3, 0.4) is 0 Å². The number of benzene rings is 1. The normalized spacial score (nSPS) is 10.4. The van der Waals surface area contributed by atoms with Gasteiger partial charge >= 0.3 is 5.82 Å². The predicted octanol–water partition coefficient (Wildman–Crippen LogP) is 3.09. The quantitative estimate of drug-likeness (QED) is 0.614. The van der Waals surface area contributed by atoms with E-state index in [0.29, 0.717) is 15.7 Å². The van der Waals surface area contributed by atoms with E-state index in [9.17, 15) is 10.1 Å². The van der Waals surface area contributed by atoms with Crippen molar-refractivity contribution in [2.75, 3.05) is 0 Å². The van der Waals surface area contributed by atoms with Crippen LogP contribution in [0.15, 0.2) is 30.7 Å². The largest absolute Gasteiger partial charge is 0.381 e. The van der Waals surface area contributed by atoms with Gasteiger partial charge in [0.1, 0.15) is 6.20 Å². The van der Waals surface area contributed by atoms with Crippen LogP contribution in [-0.4, -0.2) is 14.5 Å². The van der Waals surface area contributed by atoms with Crippen molar-refractivity contribution in [2.24, 2.45) is 0 Å². The Hall–Kier alpha value is -1.59. The van der Waals surface area contributed by atoms with Crippen molar-refractivity contribution in [3.05, 3.63) is 50.9 Å². The standard InChI is InChI=1S/C9H5Cl2N3O2/c10-6-2-1-3-7(9(6)11)13-4-8(12-5-13)14(15)16/h1-5H. The highest BCUT2D eigenvalue weighted by atomic mass is 35.5. The molecule has 2 rings (SSSR count). The molecule has 0 aliphatic rings. The fraction of sp³-hybridized carbons (Fsp3) is 0. The summed E-state index contributed by atoms with van der Waals surface area (Å²) in [6.45, 7) is 0. The minimum Gasteiger partial charge on any atom is -0.358 e. The second kappa shape index (κ2) is 4.11. The number of halogens is 2. The Labute approximate surface area is 100 Å². The first kappa shape index (κ1) is 10.9. The summed E-state index contributed by atoms with van der Waals surface area (Å²) in [5.74, 6) is -0.240. The number of aromatic nitrogens is 2. The molecule has 0 saturated heterocycles. The molecule has 16 heavy (non-hydrogen) atoms. The Morgan fingerprint density at radius 3 is 2.75 bits per heavy atom. The summed E-state index contributed by atoms with van der Waals surface area (Å²) in [6.07, 6.45) is 2.59. The lowest BCUT2D eigenvalue weighted by molar-refractivity contribution is -0.389. The highest BCUT2D eigenvalue weighted by molar-refractivity contribution is 6.43. The first-order chi connectivity index (χ1) is 7.59. The van der Waals surface area contributed by atoms with E-state index in [1.165, 1.54) is 17.1 Å². The van der Waals surface area contributed by atoms with Crippen LogP contribution in [0.2, 0.25) is 10.0 Å². The first-order valence-electron chi connectivity index (χ1n) is 4.22. The van der Waals surface area contributed by atoms with Crippen LogP contribution < -0.4 is 0 Å². The van der Waals surface area contributed by atoms with Crippen LogP contribution in [0.1, 0.15) is 0 Å². The third kappa shape index (κ3) is 1.87. The molecule has 0 aliphatic heterocycles. The summed E-state index contributed by atoms with van der Waals surface area (Å²) in [7, 11) is 0.